The fourth-order valence-electron chi connectivity index (χ4n) is 3.97. The highest BCUT2D eigenvalue weighted by molar-refractivity contribution is 5.93. The molecule has 1 spiro atoms. The number of aromatic amines is 1. The van der Waals surface area contributed by atoms with Crippen LogP contribution in [0.1, 0.15) is 43.0 Å². The van der Waals surface area contributed by atoms with Gasteiger partial charge in [0.1, 0.15) is 11.5 Å². The van der Waals surface area contributed by atoms with Crippen LogP contribution >= 0.6 is 0 Å². The van der Waals surface area contributed by atoms with Gasteiger partial charge in [0.25, 0.3) is 11.8 Å². The lowest BCUT2D eigenvalue weighted by molar-refractivity contribution is -0.151. The van der Waals surface area contributed by atoms with E-state index < -0.39 is 30.2 Å². The van der Waals surface area contributed by atoms with E-state index in [0.29, 0.717) is 25.3 Å². The van der Waals surface area contributed by atoms with Crippen LogP contribution in [0, 0.1) is 18.3 Å². The highest BCUT2D eigenvalue weighted by atomic mass is 19.3. The summed E-state index contributed by atoms with van der Waals surface area (Å²) in [6.07, 6.45) is 1.22. The maximum Gasteiger partial charge on any atom is 0.272 e. The van der Waals surface area contributed by atoms with Crippen molar-refractivity contribution in [2.24, 2.45) is 11.3 Å². The Morgan fingerprint density at radius 1 is 1.40 bits per heavy atom. The Balaban J connectivity index is 1.84. The third-order valence-electron chi connectivity index (χ3n) is 4.92. The van der Waals surface area contributed by atoms with Crippen LogP contribution in [-0.4, -0.2) is 63.7 Å². The maximum atomic E-state index is 14.4. The lowest BCUT2D eigenvalue weighted by Gasteiger charge is -2.42. The van der Waals surface area contributed by atoms with E-state index in [0.717, 1.165) is 4.90 Å². The number of halogens is 2. The van der Waals surface area contributed by atoms with Gasteiger partial charge in [-0.2, -0.15) is 0 Å². The smallest absolute Gasteiger partial charge is 0.272 e. The molecule has 2 aliphatic rings. The third kappa shape index (κ3) is 3.39. The van der Waals surface area contributed by atoms with Crippen molar-refractivity contribution in [3.05, 3.63) is 17.7 Å². The molecule has 138 valence electrons. The number of H-pyrrole nitrogens is 1. The number of rotatable bonds is 3. The van der Waals surface area contributed by atoms with E-state index in [1.807, 2.05) is 13.8 Å². The first-order valence-electron chi connectivity index (χ1n) is 8.60. The normalized spacial score (nSPS) is 26.1. The molecule has 2 aliphatic heterocycles. The Kier molecular flexibility index (Phi) is 4.33. The van der Waals surface area contributed by atoms with Gasteiger partial charge in [-0.15, -0.1) is 0 Å². The first-order valence-corrected chi connectivity index (χ1v) is 8.60. The van der Waals surface area contributed by atoms with Crippen LogP contribution in [0.25, 0.3) is 0 Å². The predicted octanol–water partition coefficient (Wildman–Crippen LogP) is 2.07. The summed E-state index contributed by atoms with van der Waals surface area (Å²) in [6.45, 7) is 6.07. The van der Waals surface area contributed by atoms with Gasteiger partial charge >= 0.3 is 0 Å². The molecule has 25 heavy (non-hydrogen) atoms. The van der Waals surface area contributed by atoms with Crippen LogP contribution in [0.4, 0.5) is 8.78 Å². The number of nitrogens with one attached hydrogen (secondary N) is 1. The van der Waals surface area contributed by atoms with E-state index in [9.17, 15) is 18.4 Å². The van der Waals surface area contributed by atoms with E-state index >= 15 is 0 Å². The number of amides is 2. The largest absolute Gasteiger partial charge is 0.342 e. The standard InChI is InChI=1S/C17H24F2N4O2/c1-11(2)7-22-5-4-16(15(22)25)8-17(18,19)10-23(9-16)14(24)13-6-20-12(3)21-13/h6,11H,4-5,7-10H2,1-3H3,(H,20,21). The summed E-state index contributed by atoms with van der Waals surface area (Å²) >= 11 is 0. The molecule has 1 N–H and O–H groups in total. The van der Waals surface area contributed by atoms with Gasteiger partial charge in [-0.3, -0.25) is 9.59 Å². The van der Waals surface area contributed by atoms with Crippen molar-refractivity contribution in [1.82, 2.24) is 19.8 Å². The Morgan fingerprint density at radius 2 is 2.12 bits per heavy atom. The zero-order valence-electron chi connectivity index (χ0n) is 14.8. The Bertz CT molecular complexity index is 688. The highest BCUT2D eigenvalue weighted by Crippen LogP contribution is 2.46. The van der Waals surface area contributed by atoms with E-state index in [4.69, 9.17) is 0 Å². The minimum atomic E-state index is -3.08. The van der Waals surface area contributed by atoms with Gasteiger partial charge in [-0.1, -0.05) is 13.8 Å². The van der Waals surface area contributed by atoms with E-state index in [-0.39, 0.29) is 24.1 Å². The fraction of sp³-hybridized carbons (Fsp3) is 0.706. The van der Waals surface area contributed by atoms with E-state index in [2.05, 4.69) is 9.97 Å². The molecule has 0 bridgehead atoms. The second-order valence-electron chi connectivity index (χ2n) is 7.75. The fourth-order valence-corrected chi connectivity index (χ4v) is 3.97. The molecular weight excluding hydrogens is 330 g/mol. The molecule has 3 heterocycles. The summed E-state index contributed by atoms with van der Waals surface area (Å²) in [5.74, 6) is -3.05. The van der Waals surface area contributed by atoms with E-state index in [1.165, 1.54) is 6.20 Å². The lowest BCUT2D eigenvalue weighted by Crippen LogP contribution is -2.57. The molecule has 2 fully saturated rings. The van der Waals surface area contributed by atoms with Crippen molar-refractivity contribution in [2.45, 2.75) is 39.5 Å². The third-order valence-corrected chi connectivity index (χ3v) is 4.92. The molecule has 0 aromatic carbocycles. The van der Waals surface area contributed by atoms with Gasteiger partial charge < -0.3 is 14.8 Å². The molecule has 1 aromatic rings. The Morgan fingerprint density at radius 3 is 2.72 bits per heavy atom. The summed E-state index contributed by atoms with van der Waals surface area (Å²) in [5, 5.41) is 0. The maximum absolute atomic E-state index is 14.4. The number of hydrogen-bond acceptors (Lipinski definition) is 3. The van der Waals surface area contributed by atoms with Gasteiger partial charge in [0.15, 0.2) is 0 Å². The molecule has 2 saturated heterocycles. The van der Waals surface area contributed by atoms with Crippen LogP contribution in [0.3, 0.4) is 0 Å². The van der Waals surface area contributed by atoms with Crippen LogP contribution in [0.2, 0.25) is 0 Å². The van der Waals surface area contributed by atoms with Crippen molar-refractivity contribution in [3.8, 4) is 0 Å². The summed E-state index contributed by atoms with van der Waals surface area (Å²) in [7, 11) is 0. The van der Waals surface area contributed by atoms with Gasteiger partial charge in [0, 0.05) is 26.1 Å². The molecule has 0 saturated carbocycles. The number of imidazole rings is 1. The zero-order valence-corrected chi connectivity index (χ0v) is 14.8. The molecule has 1 aromatic heterocycles. The molecular formula is C17H24F2N4O2. The van der Waals surface area contributed by atoms with Crippen molar-refractivity contribution in [1.29, 1.82) is 0 Å². The summed E-state index contributed by atoms with van der Waals surface area (Å²) < 4.78 is 28.8. The van der Waals surface area contributed by atoms with Gasteiger partial charge in [-0.25, -0.2) is 13.8 Å². The summed E-state index contributed by atoms with van der Waals surface area (Å²) in [4.78, 5) is 35.0. The first-order chi connectivity index (χ1) is 11.6. The number of carbonyl (C=O) groups excluding carboxylic acids is 2. The molecule has 2 amide bonds. The number of alkyl halides is 2. The average Bonchev–Trinajstić information content (AvgIpc) is 3.04. The van der Waals surface area contributed by atoms with Gasteiger partial charge in [0.2, 0.25) is 5.91 Å². The Labute approximate surface area is 145 Å². The molecule has 3 rings (SSSR count). The van der Waals surface area contributed by atoms with Crippen molar-refractivity contribution >= 4 is 11.8 Å². The molecule has 8 heteroatoms. The topological polar surface area (TPSA) is 69.3 Å². The molecule has 0 radical (unpaired) electrons. The summed E-state index contributed by atoms with van der Waals surface area (Å²) in [5.41, 5.74) is -1.00. The number of aryl methyl sites for hydroxylation is 1. The number of hydrogen-bond donors (Lipinski definition) is 1. The predicted molar refractivity (Wildman–Crippen MR) is 87.3 cm³/mol. The first kappa shape index (κ1) is 17.8. The highest BCUT2D eigenvalue weighted by Gasteiger charge is 2.57. The monoisotopic (exact) mass is 354 g/mol. The van der Waals surface area contributed by atoms with Crippen LogP contribution in [-0.2, 0) is 4.79 Å². The van der Waals surface area contributed by atoms with E-state index in [1.54, 1.807) is 11.8 Å². The number of likely N-dealkylation sites (tertiary alicyclic amines) is 2. The second kappa shape index (κ2) is 6.07. The van der Waals surface area contributed by atoms with Gasteiger partial charge in [0.05, 0.1) is 18.2 Å². The van der Waals surface area contributed by atoms with Crippen molar-refractivity contribution in [2.75, 3.05) is 26.2 Å². The molecule has 1 unspecified atom stereocenters. The minimum Gasteiger partial charge on any atom is -0.342 e. The Hall–Kier alpha value is -1.99. The van der Waals surface area contributed by atoms with Gasteiger partial charge in [-0.05, 0) is 19.3 Å². The molecule has 6 nitrogen and oxygen atoms in total. The molecule has 1 atom stereocenters. The zero-order chi connectivity index (χ0) is 18.4. The molecule has 0 aliphatic carbocycles. The summed E-state index contributed by atoms with van der Waals surface area (Å²) in [6, 6.07) is 0. The van der Waals surface area contributed by atoms with Crippen LogP contribution in [0.15, 0.2) is 6.20 Å². The number of nitrogens with zero attached hydrogens (tertiary/aromatic N) is 3. The lowest BCUT2D eigenvalue weighted by atomic mass is 9.77. The van der Waals surface area contributed by atoms with Crippen molar-refractivity contribution in [3.63, 3.8) is 0 Å². The second-order valence-corrected chi connectivity index (χ2v) is 7.75. The average molecular weight is 354 g/mol. The van der Waals surface area contributed by atoms with Crippen LogP contribution in [0.5, 0.6) is 0 Å². The quantitative estimate of drug-likeness (QED) is 0.903. The van der Waals surface area contributed by atoms with Crippen molar-refractivity contribution < 1.29 is 18.4 Å². The number of carbonyl (C=O) groups is 2. The SMILES string of the molecule is Cc1ncc(C(=O)N2CC(F)(F)CC3(CCN(CC(C)C)C3=O)C2)[nH]1. The number of piperidine rings is 1. The minimum absolute atomic E-state index is 0.0346. The van der Waals surface area contributed by atoms with Crippen LogP contribution < -0.4 is 0 Å². The number of aromatic nitrogens is 2.